The Labute approximate surface area is 498 Å². The SMILES string of the molecule is COc1ccc(C(=O)Nc2cc(-c3cccs3)ccc2N)cc1.COc1ccc(C(=O)Nc2cc(-c3cccs3)ccc2NS(=O)(=O)NC(=O)OC(C)(C)C)cc1.COc1ccc(C(=O)Nc2cc(-c3cccs3)ccc2NS(N)(=O)=O)cc1. The van der Waals surface area contributed by atoms with Gasteiger partial charge in [-0.3, -0.25) is 23.8 Å². The molecule has 0 saturated carbocycles. The lowest BCUT2D eigenvalue weighted by Crippen LogP contribution is -2.39. The Morgan fingerprint density at radius 2 is 0.798 bits per heavy atom. The van der Waals surface area contributed by atoms with Gasteiger partial charge in [0.1, 0.15) is 22.8 Å². The van der Waals surface area contributed by atoms with Crippen molar-refractivity contribution in [3.8, 4) is 48.6 Å². The molecule has 84 heavy (non-hydrogen) atoms. The van der Waals surface area contributed by atoms with Gasteiger partial charge in [-0.25, -0.2) is 14.7 Å². The number of anilines is 6. The van der Waals surface area contributed by atoms with Crippen LogP contribution in [0.2, 0.25) is 0 Å². The van der Waals surface area contributed by atoms with Gasteiger partial charge in [-0.1, -0.05) is 36.4 Å². The highest BCUT2D eigenvalue weighted by Crippen LogP contribution is 2.35. The summed E-state index contributed by atoms with van der Waals surface area (Å²) in [5.74, 6) is 0.883. The molecule has 0 unspecified atom stereocenters. The van der Waals surface area contributed by atoms with Crippen molar-refractivity contribution in [2.45, 2.75) is 26.4 Å². The Morgan fingerprint density at radius 1 is 0.452 bits per heavy atom. The van der Waals surface area contributed by atoms with Gasteiger partial charge in [-0.15, -0.1) is 34.0 Å². The first-order valence-corrected chi connectivity index (χ1v) is 30.6. The van der Waals surface area contributed by atoms with E-state index in [1.807, 2.05) is 64.7 Å². The molecular formula is C59H58N8O12S5. The maximum atomic E-state index is 12.8. The summed E-state index contributed by atoms with van der Waals surface area (Å²) in [6, 6.07) is 47.1. The largest absolute Gasteiger partial charge is 0.497 e. The molecule has 25 heteroatoms. The number of nitrogens with one attached hydrogen (secondary N) is 6. The number of carbonyl (C=O) groups is 4. The number of methoxy groups -OCH3 is 3. The summed E-state index contributed by atoms with van der Waals surface area (Å²) >= 11 is 4.67. The lowest BCUT2D eigenvalue weighted by Gasteiger charge is -2.20. The van der Waals surface area contributed by atoms with Crippen molar-refractivity contribution in [2.24, 2.45) is 5.14 Å². The van der Waals surface area contributed by atoms with Crippen molar-refractivity contribution >= 4 is 112 Å². The maximum absolute atomic E-state index is 12.8. The van der Waals surface area contributed by atoms with Crippen LogP contribution in [0.1, 0.15) is 51.8 Å². The molecule has 436 valence electrons. The monoisotopic (exact) mass is 1230 g/mol. The van der Waals surface area contributed by atoms with E-state index in [0.717, 1.165) is 31.3 Å². The number of rotatable bonds is 17. The molecule has 10 N–H and O–H groups in total. The number of hydrogen-bond donors (Lipinski definition) is 8. The van der Waals surface area contributed by atoms with E-state index in [0.29, 0.717) is 51.0 Å². The third kappa shape index (κ3) is 18.4. The quantitative estimate of drug-likeness (QED) is 0.0394. The van der Waals surface area contributed by atoms with E-state index in [-0.39, 0.29) is 23.0 Å². The van der Waals surface area contributed by atoms with Crippen LogP contribution in [0.4, 0.5) is 38.9 Å². The van der Waals surface area contributed by atoms with Gasteiger partial charge in [0.15, 0.2) is 0 Å². The molecule has 0 spiro atoms. The maximum Gasteiger partial charge on any atom is 0.422 e. The molecular weight excluding hydrogens is 1170 g/mol. The van der Waals surface area contributed by atoms with Gasteiger partial charge in [-0.2, -0.15) is 16.8 Å². The van der Waals surface area contributed by atoms with Gasteiger partial charge < -0.3 is 40.6 Å². The Hall–Kier alpha value is -9.24. The molecule has 0 aliphatic rings. The summed E-state index contributed by atoms with van der Waals surface area (Å²) in [5.41, 5.74) is 11.0. The van der Waals surface area contributed by atoms with Crippen LogP contribution in [-0.4, -0.2) is 67.6 Å². The molecule has 4 amide bonds. The van der Waals surface area contributed by atoms with Gasteiger partial charge in [0.05, 0.1) is 55.5 Å². The Morgan fingerprint density at radius 3 is 1.13 bits per heavy atom. The minimum absolute atomic E-state index is 0.0678. The second kappa shape index (κ2) is 28.2. The third-order valence-corrected chi connectivity index (χ3v) is 15.6. The summed E-state index contributed by atoms with van der Waals surface area (Å²) in [4.78, 5) is 52.8. The summed E-state index contributed by atoms with van der Waals surface area (Å²) in [6.07, 6.45) is -1.13. The van der Waals surface area contributed by atoms with Crippen LogP contribution in [0.3, 0.4) is 0 Å². The fourth-order valence-corrected chi connectivity index (χ4v) is 10.9. The van der Waals surface area contributed by atoms with Crippen LogP contribution in [0.5, 0.6) is 17.2 Å². The standard InChI is InChI=1S/C23H25N3O6S2.C18H17N3O4S2.C18H16N2O2S/c1-23(2,3)32-22(28)26-34(29,30)25-18-12-9-16(20-6-5-13-33-20)14-19(18)24-21(27)15-7-10-17(31-4)11-8-15;1-25-14-7-4-12(5-8-14)18(22)20-16-11-13(17-3-2-10-26-17)6-9-15(16)21-27(19,23)24;1-22-14-7-4-12(5-8-14)18(21)20-16-11-13(6-9-15(16)19)17-3-2-10-23-17/h5-14,25H,1-4H3,(H,24,27)(H,26,28);2-11,21H,1H3,(H,20,22)(H2,19,23,24);2-11H,19H2,1H3,(H,20,21). The predicted octanol–water partition coefficient (Wildman–Crippen LogP) is 12.4. The van der Waals surface area contributed by atoms with E-state index in [1.54, 1.807) is 153 Å². The van der Waals surface area contributed by atoms with Crippen LogP contribution >= 0.6 is 34.0 Å². The smallest absolute Gasteiger partial charge is 0.422 e. The Balaban J connectivity index is 0.000000184. The average Bonchev–Trinajstić information content (AvgIpc) is 4.39. The highest BCUT2D eigenvalue weighted by molar-refractivity contribution is 7.91. The molecule has 20 nitrogen and oxygen atoms in total. The zero-order valence-electron chi connectivity index (χ0n) is 45.9. The molecule has 0 radical (unpaired) electrons. The number of hydrogen-bond acceptors (Lipinski definition) is 16. The molecule has 9 rings (SSSR count). The van der Waals surface area contributed by atoms with Crippen LogP contribution in [0, 0.1) is 0 Å². The van der Waals surface area contributed by atoms with Crippen molar-refractivity contribution in [1.82, 2.24) is 4.72 Å². The molecule has 3 aromatic heterocycles. The number of carbonyl (C=O) groups excluding carboxylic acids is 4. The van der Waals surface area contributed by atoms with Crippen molar-refractivity contribution in [2.75, 3.05) is 52.5 Å². The second-order valence-corrected chi connectivity index (χ2v) is 24.2. The van der Waals surface area contributed by atoms with Gasteiger partial charge in [-0.05, 0) is 181 Å². The molecule has 0 aliphatic heterocycles. The van der Waals surface area contributed by atoms with E-state index in [4.69, 9.17) is 29.8 Å². The molecule has 0 aliphatic carbocycles. The molecule has 0 fully saturated rings. The van der Waals surface area contributed by atoms with E-state index in [2.05, 4.69) is 25.4 Å². The van der Waals surface area contributed by atoms with Crippen LogP contribution in [-0.2, 0) is 25.2 Å². The van der Waals surface area contributed by atoms with Crippen LogP contribution in [0.25, 0.3) is 31.3 Å². The summed E-state index contributed by atoms with van der Waals surface area (Å²) in [5, 5.41) is 19.3. The first kappa shape index (κ1) is 62.4. The zero-order valence-corrected chi connectivity index (χ0v) is 50.0. The lowest BCUT2D eigenvalue weighted by molar-refractivity contribution is 0.0569. The van der Waals surface area contributed by atoms with Gasteiger partial charge in [0.25, 0.3) is 27.9 Å². The minimum Gasteiger partial charge on any atom is -0.497 e. The second-order valence-electron chi connectivity index (χ2n) is 18.7. The number of amides is 4. The van der Waals surface area contributed by atoms with Crippen molar-refractivity contribution in [3.63, 3.8) is 0 Å². The summed E-state index contributed by atoms with van der Waals surface area (Å²) in [6.45, 7) is 4.84. The first-order chi connectivity index (χ1) is 40.0. The topological polar surface area (TPSA) is 298 Å². The van der Waals surface area contributed by atoms with Gasteiger partial charge in [0, 0.05) is 31.3 Å². The number of benzene rings is 6. The third-order valence-electron chi connectivity index (χ3n) is 11.4. The lowest BCUT2D eigenvalue weighted by atomic mass is 10.1. The Bertz CT molecular complexity index is 3930. The fourth-order valence-electron chi connectivity index (χ4n) is 7.47. The normalized spacial score (nSPS) is 11.0. The fraction of sp³-hybridized carbons (Fsp3) is 0.119. The van der Waals surface area contributed by atoms with E-state index < -0.39 is 43.9 Å². The molecule has 0 bridgehead atoms. The predicted molar refractivity (Wildman–Crippen MR) is 335 cm³/mol. The van der Waals surface area contributed by atoms with Crippen LogP contribution < -0.4 is 55.2 Å². The summed E-state index contributed by atoms with van der Waals surface area (Å²) < 4.78 is 74.5. The highest BCUT2D eigenvalue weighted by Gasteiger charge is 2.23. The molecule has 6 aromatic carbocycles. The highest BCUT2D eigenvalue weighted by atomic mass is 32.2. The van der Waals surface area contributed by atoms with E-state index in [1.165, 1.54) is 43.0 Å². The number of nitrogens with two attached hydrogens (primary N) is 2. The van der Waals surface area contributed by atoms with Crippen molar-refractivity contribution in [1.29, 1.82) is 0 Å². The average molecular weight is 1230 g/mol. The van der Waals surface area contributed by atoms with Crippen molar-refractivity contribution in [3.05, 3.63) is 197 Å². The number of nitrogen functional groups attached to an aromatic ring is 1. The molecule has 3 heterocycles. The Kier molecular flexibility index (Phi) is 20.9. The van der Waals surface area contributed by atoms with Crippen LogP contribution in [0.15, 0.2) is 180 Å². The number of thiophene rings is 3. The van der Waals surface area contributed by atoms with Gasteiger partial charge in [0.2, 0.25) is 0 Å². The molecule has 0 saturated heterocycles. The van der Waals surface area contributed by atoms with Gasteiger partial charge >= 0.3 is 16.3 Å². The van der Waals surface area contributed by atoms with E-state index in [9.17, 15) is 36.0 Å². The zero-order chi connectivity index (χ0) is 60.6. The number of ether oxygens (including phenoxy) is 4. The van der Waals surface area contributed by atoms with E-state index >= 15 is 0 Å². The first-order valence-electron chi connectivity index (χ1n) is 25.0. The minimum atomic E-state index is -4.34. The molecule has 9 aromatic rings. The summed E-state index contributed by atoms with van der Waals surface area (Å²) in [7, 11) is -3.69. The van der Waals surface area contributed by atoms with Crippen molar-refractivity contribution < 1.29 is 55.0 Å². The molecule has 0 atom stereocenters.